The van der Waals surface area contributed by atoms with Crippen LogP contribution in [0.1, 0.15) is 17.3 Å². The normalized spacial score (nSPS) is 12.0. The van der Waals surface area contributed by atoms with E-state index in [1.54, 1.807) is 0 Å². The van der Waals surface area contributed by atoms with Crippen molar-refractivity contribution in [1.29, 1.82) is 0 Å². The summed E-state index contributed by atoms with van der Waals surface area (Å²) in [6.45, 7) is 1.24. The van der Waals surface area contributed by atoms with Crippen LogP contribution in [0.15, 0.2) is 12.1 Å². The zero-order valence-electron chi connectivity index (χ0n) is 9.31. The molecule has 0 heterocycles. The summed E-state index contributed by atoms with van der Waals surface area (Å²) in [5.41, 5.74) is -1.64. The van der Waals surface area contributed by atoms with Gasteiger partial charge in [-0.15, -0.1) is 0 Å². The highest BCUT2D eigenvalue weighted by atomic mass is 19.1. The van der Waals surface area contributed by atoms with Crippen molar-refractivity contribution >= 4 is 11.6 Å². The third kappa shape index (κ3) is 3.20. The summed E-state index contributed by atoms with van der Waals surface area (Å²) < 4.78 is 26.3. The fourth-order valence-corrected chi connectivity index (χ4v) is 1.19. The van der Waals surface area contributed by atoms with Crippen molar-refractivity contribution in [3.63, 3.8) is 0 Å². The van der Waals surface area contributed by atoms with E-state index >= 15 is 0 Å². The molecule has 0 radical (unpaired) electrons. The average Bonchev–Trinajstić information content (AvgIpc) is 2.25. The van der Waals surface area contributed by atoms with Crippen molar-refractivity contribution in [2.75, 3.05) is 6.54 Å². The van der Waals surface area contributed by atoms with Gasteiger partial charge in [-0.1, -0.05) is 0 Å². The number of amides is 1. The molecule has 1 aromatic carbocycles. The van der Waals surface area contributed by atoms with Crippen molar-refractivity contribution in [3.05, 3.63) is 39.4 Å². The van der Waals surface area contributed by atoms with Crippen molar-refractivity contribution in [2.24, 2.45) is 0 Å². The summed E-state index contributed by atoms with van der Waals surface area (Å²) in [4.78, 5) is 20.8. The molecule has 1 atom stereocenters. The Morgan fingerprint density at radius 1 is 1.50 bits per heavy atom. The summed E-state index contributed by atoms with van der Waals surface area (Å²) in [5, 5.41) is 21.5. The SMILES string of the molecule is C[C@@H](O)CNC(=O)c1cc([N+](=O)[O-])c(F)cc1F. The van der Waals surface area contributed by atoms with E-state index in [9.17, 15) is 23.7 Å². The number of carbonyl (C=O) groups excluding carboxylic acids is 1. The van der Waals surface area contributed by atoms with Gasteiger partial charge in [0.25, 0.3) is 5.91 Å². The molecule has 0 spiro atoms. The molecule has 2 N–H and O–H groups in total. The zero-order valence-corrected chi connectivity index (χ0v) is 9.31. The highest BCUT2D eigenvalue weighted by Gasteiger charge is 2.22. The molecule has 0 aliphatic rings. The molecule has 0 fully saturated rings. The van der Waals surface area contributed by atoms with Gasteiger partial charge < -0.3 is 10.4 Å². The largest absolute Gasteiger partial charge is 0.392 e. The first kappa shape index (κ1) is 14.0. The molecule has 8 heteroatoms. The predicted molar refractivity (Wildman–Crippen MR) is 57.0 cm³/mol. The number of nitro benzene ring substituents is 1. The highest BCUT2D eigenvalue weighted by molar-refractivity contribution is 5.95. The number of aliphatic hydroxyl groups is 1. The molecular formula is C10H10F2N2O4. The third-order valence-electron chi connectivity index (χ3n) is 2.04. The molecule has 1 amide bonds. The van der Waals surface area contributed by atoms with E-state index in [2.05, 4.69) is 5.32 Å². The van der Waals surface area contributed by atoms with Crippen molar-refractivity contribution in [3.8, 4) is 0 Å². The Labute approximate surface area is 100 Å². The van der Waals surface area contributed by atoms with Crippen LogP contribution in [0.2, 0.25) is 0 Å². The Morgan fingerprint density at radius 2 is 2.11 bits per heavy atom. The van der Waals surface area contributed by atoms with Gasteiger partial charge in [0.1, 0.15) is 5.82 Å². The standard InChI is InChI=1S/C10H10F2N2O4/c1-5(15)4-13-10(16)6-2-9(14(17)18)8(12)3-7(6)11/h2-3,5,15H,4H2,1H3,(H,13,16)/t5-/m1/s1. The van der Waals surface area contributed by atoms with Crippen LogP contribution in [0, 0.1) is 21.7 Å². The molecule has 18 heavy (non-hydrogen) atoms. The minimum absolute atomic E-state index is 0.149. The lowest BCUT2D eigenvalue weighted by atomic mass is 10.1. The van der Waals surface area contributed by atoms with Crippen LogP contribution in [0.5, 0.6) is 0 Å². The first-order chi connectivity index (χ1) is 8.32. The second-order valence-electron chi connectivity index (χ2n) is 3.60. The number of rotatable bonds is 4. The van der Waals surface area contributed by atoms with E-state index in [-0.39, 0.29) is 12.6 Å². The Bertz CT molecular complexity index is 491. The Kier molecular flexibility index (Phi) is 4.27. The zero-order chi connectivity index (χ0) is 13.9. The Hall–Kier alpha value is -2.09. The summed E-state index contributed by atoms with van der Waals surface area (Å²) in [5.74, 6) is -3.53. The smallest absolute Gasteiger partial charge is 0.305 e. The molecule has 0 saturated heterocycles. The number of halogens is 2. The number of carbonyl (C=O) groups is 1. The monoisotopic (exact) mass is 260 g/mol. The predicted octanol–water partition coefficient (Wildman–Crippen LogP) is 0.984. The van der Waals surface area contributed by atoms with Crippen molar-refractivity contribution in [1.82, 2.24) is 5.32 Å². The summed E-state index contributed by atoms with van der Waals surface area (Å²) in [6, 6.07) is 0.789. The van der Waals surface area contributed by atoms with E-state index in [4.69, 9.17) is 5.11 Å². The molecule has 0 saturated carbocycles. The fourth-order valence-electron chi connectivity index (χ4n) is 1.19. The second-order valence-corrected chi connectivity index (χ2v) is 3.60. The van der Waals surface area contributed by atoms with Gasteiger partial charge in [0, 0.05) is 18.7 Å². The van der Waals surface area contributed by atoms with E-state index in [1.165, 1.54) is 6.92 Å². The highest BCUT2D eigenvalue weighted by Crippen LogP contribution is 2.21. The number of nitrogens with one attached hydrogen (secondary N) is 1. The number of nitrogens with zero attached hydrogens (tertiary/aromatic N) is 1. The molecule has 1 aromatic rings. The van der Waals surface area contributed by atoms with Crippen LogP contribution >= 0.6 is 0 Å². The van der Waals surface area contributed by atoms with Crippen LogP contribution in [0.3, 0.4) is 0 Å². The van der Waals surface area contributed by atoms with Crippen LogP contribution in [0.25, 0.3) is 0 Å². The lowest BCUT2D eigenvalue weighted by molar-refractivity contribution is -0.387. The maximum Gasteiger partial charge on any atom is 0.305 e. The maximum atomic E-state index is 13.3. The molecule has 6 nitrogen and oxygen atoms in total. The number of aliphatic hydroxyl groups excluding tert-OH is 1. The molecule has 0 unspecified atom stereocenters. The number of hydrogen-bond donors (Lipinski definition) is 2. The molecular weight excluding hydrogens is 250 g/mol. The minimum atomic E-state index is -1.36. The fraction of sp³-hybridized carbons (Fsp3) is 0.300. The Balaban J connectivity index is 3.05. The van der Waals surface area contributed by atoms with Gasteiger partial charge in [0.2, 0.25) is 5.82 Å². The van der Waals surface area contributed by atoms with Crippen molar-refractivity contribution in [2.45, 2.75) is 13.0 Å². The number of hydrogen-bond acceptors (Lipinski definition) is 4. The van der Waals surface area contributed by atoms with E-state index in [1.807, 2.05) is 0 Å². The quantitative estimate of drug-likeness (QED) is 0.623. The van der Waals surface area contributed by atoms with Gasteiger partial charge >= 0.3 is 5.69 Å². The van der Waals surface area contributed by atoms with Crippen LogP contribution in [-0.2, 0) is 0 Å². The molecule has 98 valence electrons. The lowest BCUT2D eigenvalue weighted by Crippen LogP contribution is -2.31. The van der Waals surface area contributed by atoms with Crippen molar-refractivity contribution < 1.29 is 23.6 Å². The maximum absolute atomic E-state index is 13.3. The van der Waals surface area contributed by atoms with Gasteiger partial charge in [0.15, 0.2) is 0 Å². The topological polar surface area (TPSA) is 92.5 Å². The van der Waals surface area contributed by atoms with Gasteiger partial charge in [-0.25, -0.2) is 4.39 Å². The molecule has 0 aromatic heterocycles. The van der Waals surface area contributed by atoms with Gasteiger partial charge in [-0.05, 0) is 6.92 Å². The Morgan fingerprint density at radius 3 is 2.61 bits per heavy atom. The first-order valence-corrected chi connectivity index (χ1v) is 4.92. The van der Waals surface area contributed by atoms with Gasteiger partial charge in [-0.3, -0.25) is 14.9 Å². The molecule has 0 aliphatic heterocycles. The van der Waals surface area contributed by atoms with E-state index < -0.39 is 39.8 Å². The molecule has 0 aliphatic carbocycles. The van der Waals surface area contributed by atoms with Crippen LogP contribution in [-0.4, -0.2) is 28.6 Å². The summed E-state index contributed by atoms with van der Waals surface area (Å²) in [6.07, 6.45) is -0.854. The average molecular weight is 260 g/mol. The third-order valence-corrected chi connectivity index (χ3v) is 2.04. The minimum Gasteiger partial charge on any atom is -0.392 e. The lowest BCUT2D eigenvalue weighted by Gasteiger charge is -2.07. The molecule has 1 rings (SSSR count). The number of nitro groups is 1. The second kappa shape index (κ2) is 5.50. The molecule has 0 bridgehead atoms. The van der Waals surface area contributed by atoms with Crippen LogP contribution in [0.4, 0.5) is 14.5 Å². The number of benzene rings is 1. The van der Waals surface area contributed by atoms with E-state index in [0.29, 0.717) is 6.07 Å². The summed E-state index contributed by atoms with van der Waals surface area (Å²) >= 11 is 0. The van der Waals surface area contributed by atoms with E-state index in [0.717, 1.165) is 0 Å². The van der Waals surface area contributed by atoms with Crippen LogP contribution < -0.4 is 5.32 Å². The van der Waals surface area contributed by atoms with Gasteiger partial charge in [-0.2, -0.15) is 4.39 Å². The van der Waals surface area contributed by atoms with Gasteiger partial charge in [0.05, 0.1) is 16.6 Å². The summed E-state index contributed by atoms with van der Waals surface area (Å²) in [7, 11) is 0. The first-order valence-electron chi connectivity index (χ1n) is 4.92.